The third-order valence-corrected chi connectivity index (χ3v) is 10.0. The molecule has 1 heterocycles. The molecular weight excluding hydrogens is 537 g/mol. The number of thiophene rings is 1. The zero-order valence-electron chi connectivity index (χ0n) is 23.4. The maximum Gasteiger partial charge on any atom is 0.0361 e. The van der Waals surface area contributed by atoms with Crippen molar-refractivity contribution >= 4 is 63.8 Å². The van der Waals surface area contributed by atoms with Crippen molar-refractivity contribution in [2.45, 2.75) is 0 Å². The van der Waals surface area contributed by atoms with Crippen LogP contribution in [0.4, 0.5) is 0 Å². The van der Waals surface area contributed by atoms with Crippen LogP contribution in [0.3, 0.4) is 0 Å². The highest BCUT2D eigenvalue weighted by molar-refractivity contribution is 7.25. The fourth-order valence-electron chi connectivity index (χ4n) is 7.00. The molecule has 0 aliphatic rings. The lowest BCUT2D eigenvalue weighted by atomic mass is 9.84. The Bertz CT molecular complexity index is 2440. The van der Waals surface area contributed by atoms with Crippen LogP contribution in [0.25, 0.3) is 85.9 Å². The van der Waals surface area contributed by atoms with Crippen molar-refractivity contribution in [1.82, 2.24) is 0 Å². The molecule has 1 aromatic heterocycles. The predicted molar refractivity (Wildman–Crippen MR) is 188 cm³/mol. The highest BCUT2D eigenvalue weighted by Gasteiger charge is 2.19. The molecule has 0 bridgehead atoms. The molecule has 0 amide bonds. The fraction of sp³-hybridized carbons (Fsp3) is 0. The lowest BCUT2D eigenvalue weighted by molar-refractivity contribution is 1.64. The fourth-order valence-corrected chi connectivity index (χ4v) is 8.14. The van der Waals surface area contributed by atoms with Crippen molar-refractivity contribution in [2.75, 3.05) is 0 Å². The van der Waals surface area contributed by atoms with Crippen LogP contribution in [0.15, 0.2) is 158 Å². The van der Waals surface area contributed by atoms with E-state index in [1.54, 1.807) is 0 Å². The van der Waals surface area contributed by atoms with Gasteiger partial charge in [0.15, 0.2) is 0 Å². The van der Waals surface area contributed by atoms with Gasteiger partial charge in [0.05, 0.1) is 0 Å². The van der Waals surface area contributed by atoms with Gasteiger partial charge in [-0.3, -0.25) is 0 Å². The van der Waals surface area contributed by atoms with Crippen LogP contribution in [-0.2, 0) is 0 Å². The van der Waals surface area contributed by atoms with Gasteiger partial charge < -0.3 is 0 Å². The van der Waals surface area contributed by atoms with E-state index in [1.807, 2.05) is 11.3 Å². The minimum absolute atomic E-state index is 1.24. The molecular formula is C42H26S. The van der Waals surface area contributed by atoms with Crippen LogP contribution in [0.2, 0.25) is 0 Å². The van der Waals surface area contributed by atoms with E-state index in [2.05, 4.69) is 158 Å². The summed E-state index contributed by atoms with van der Waals surface area (Å²) in [7, 11) is 0. The highest BCUT2D eigenvalue weighted by Crippen LogP contribution is 2.47. The lowest BCUT2D eigenvalue weighted by Gasteiger charge is -2.19. The van der Waals surface area contributed by atoms with Crippen LogP contribution in [0.5, 0.6) is 0 Å². The van der Waals surface area contributed by atoms with E-state index in [0.29, 0.717) is 0 Å². The molecule has 200 valence electrons. The molecule has 0 radical (unpaired) electrons. The normalized spacial score (nSPS) is 11.7. The molecule has 0 saturated heterocycles. The maximum absolute atomic E-state index is 2.40. The molecule has 43 heavy (non-hydrogen) atoms. The Morgan fingerprint density at radius 2 is 0.767 bits per heavy atom. The van der Waals surface area contributed by atoms with Gasteiger partial charge in [0.25, 0.3) is 0 Å². The molecule has 0 unspecified atom stereocenters. The van der Waals surface area contributed by atoms with Gasteiger partial charge in [-0.15, -0.1) is 11.3 Å². The second-order valence-electron chi connectivity index (χ2n) is 11.2. The Labute approximate surface area is 254 Å². The topological polar surface area (TPSA) is 0 Å². The molecule has 0 aliphatic heterocycles. The summed E-state index contributed by atoms with van der Waals surface area (Å²) < 4.78 is 2.67. The zero-order valence-corrected chi connectivity index (χ0v) is 24.2. The number of fused-ring (bicyclic) bond motifs is 6. The van der Waals surface area contributed by atoms with Gasteiger partial charge >= 0.3 is 0 Å². The molecule has 0 N–H and O–H groups in total. The van der Waals surface area contributed by atoms with E-state index in [4.69, 9.17) is 0 Å². The summed E-state index contributed by atoms with van der Waals surface area (Å²) in [4.78, 5) is 0. The molecule has 1 heteroatoms. The molecule has 0 aliphatic carbocycles. The first kappa shape index (κ1) is 24.4. The molecule has 9 aromatic rings. The summed E-state index contributed by atoms with van der Waals surface area (Å²) in [5.41, 5.74) is 7.65. The first-order valence-corrected chi connectivity index (χ1v) is 15.6. The third-order valence-electron chi connectivity index (χ3n) is 8.88. The largest absolute Gasteiger partial charge is 0.135 e. The van der Waals surface area contributed by atoms with Crippen LogP contribution in [-0.4, -0.2) is 0 Å². The average molecular weight is 563 g/mol. The van der Waals surface area contributed by atoms with Crippen LogP contribution >= 0.6 is 11.3 Å². The van der Waals surface area contributed by atoms with E-state index in [1.165, 1.54) is 85.9 Å². The van der Waals surface area contributed by atoms with Gasteiger partial charge in [0.2, 0.25) is 0 Å². The second-order valence-corrected chi connectivity index (χ2v) is 12.3. The van der Waals surface area contributed by atoms with E-state index in [9.17, 15) is 0 Å². The molecule has 8 aromatic carbocycles. The molecule has 0 fully saturated rings. The van der Waals surface area contributed by atoms with E-state index in [0.717, 1.165) is 0 Å². The Balaban J connectivity index is 1.36. The summed E-state index contributed by atoms with van der Waals surface area (Å²) in [6.45, 7) is 0. The van der Waals surface area contributed by atoms with E-state index < -0.39 is 0 Å². The van der Waals surface area contributed by atoms with Gasteiger partial charge in [-0.25, -0.2) is 0 Å². The number of rotatable bonds is 3. The van der Waals surface area contributed by atoms with Crippen molar-refractivity contribution in [1.29, 1.82) is 0 Å². The van der Waals surface area contributed by atoms with Gasteiger partial charge in [-0.2, -0.15) is 0 Å². The summed E-state index contributed by atoms with van der Waals surface area (Å²) >= 11 is 1.88. The van der Waals surface area contributed by atoms with E-state index >= 15 is 0 Å². The molecule has 0 saturated carbocycles. The number of hydrogen-bond acceptors (Lipinski definition) is 1. The van der Waals surface area contributed by atoms with Crippen LogP contribution < -0.4 is 0 Å². The van der Waals surface area contributed by atoms with Crippen molar-refractivity contribution in [2.24, 2.45) is 0 Å². The third kappa shape index (κ3) is 3.75. The first-order valence-electron chi connectivity index (χ1n) is 14.8. The summed E-state index contributed by atoms with van der Waals surface area (Å²) in [6.07, 6.45) is 0. The predicted octanol–water partition coefficient (Wildman–Crippen LogP) is 12.5. The highest BCUT2D eigenvalue weighted by atomic mass is 32.1. The van der Waals surface area contributed by atoms with Crippen molar-refractivity contribution in [3.05, 3.63) is 158 Å². The van der Waals surface area contributed by atoms with Crippen molar-refractivity contribution in [3.8, 4) is 33.4 Å². The summed E-state index contributed by atoms with van der Waals surface area (Å²) in [6, 6.07) is 57.9. The Morgan fingerprint density at radius 1 is 0.279 bits per heavy atom. The first-order chi connectivity index (χ1) is 21.3. The van der Waals surface area contributed by atoms with Crippen LogP contribution in [0, 0.1) is 0 Å². The van der Waals surface area contributed by atoms with Crippen molar-refractivity contribution in [3.63, 3.8) is 0 Å². The Hall–Kier alpha value is -5.24. The summed E-state index contributed by atoms with van der Waals surface area (Å²) in [5, 5.41) is 10.4. The van der Waals surface area contributed by atoms with Crippen molar-refractivity contribution < 1.29 is 0 Å². The Kier molecular flexibility index (Phi) is 5.47. The quantitative estimate of drug-likeness (QED) is 0.188. The zero-order chi connectivity index (χ0) is 28.3. The lowest BCUT2D eigenvalue weighted by Crippen LogP contribution is -1.92. The molecule has 0 atom stereocenters. The van der Waals surface area contributed by atoms with E-state index in [-0.39, 0.29) is 0 Å². The monoisotopic (exact) mass is 562 g/mol. The van der Waals surface area contributed by atoms with Gasteiger partial charge in [-0.05, 0) is 77.8 Å². The SMILES string of the molecule is c1ccc(-c2ccc(-c3c4ccccc4c(-c4ccc5c(c4)sc4ccccc45)c4ccccc34)c3ccccc23)cc1. The molecule has 9 rings (SSSR count). The molecule has 0 spiro atoms. The maximum atomic E-state index is 2.40. The smallest absolute Gasteiger partial charge is 0.0361 e. The average Bonchev–Trinajstić information content (AvgIpc) is 3.45. The molecule has 0 nitrogen and oxygen atoms in total. The number of benzene rings is 8. The number of hydrogen-bond donors (Lipinski definition) is 0. The standard InChI is InChI=1S/C42H26S/c1-2-12-27(13-3-1)29-24-25-38(31-15-5-4-14-30(29)31)42-36-19-8-6-17-34(36)41(35-18-7-9-20-37(35)42)28-22-23-33-32-16-10-11-21-39(32)43-40(33)26-28/h1-26H. The summed E-state index contributed by atoms with van der Waals surface area (Å²) in [5.74, 6) is 0. The van der Waals surface area contributed by atoms with Gasteiger partial charge in [-0.1, -0.05) is 146 Å². The van der Waals surface area contributed by atoms with Gasteiger partial charge in [0.1, 0.15) is 0 Å². The van der Waals surface area contributed by atoms with Crippen LogP contribution in [0.1, 0.15) is 0 Å². The minimum atomic E-state index is 1.24. The Morgan fingerprint density at radius 3 is 1.44 bits per heavy atom. The minimum Gasteiger partial charge on any atom is -0.135 e. The second kappa shape index (κ2) is 9.66. The van der Waals surface area contributed by atoms with Gasteiger partial charge in [0, 0.05) is 20.2 Å².